The zero-order chi connectivity index (χ0) is 45.8. The summed E-state index contributed by atoms with van der Waals surface area (Å²) in [6.45, 7) is 11.8. The molecule has 366 valence electrons. The number of fused-ring (bicyclic) bond motifs is 10. The van der Waals surface area contributed by atoms with E-state index in [0.717, 1.165) is 85.2 Å². The van der Waals surface area contributed by atoms with Gasteiger partial charge in [0.25, 0.3) is 0 Å². The number of carbonyl (C=O) groups is 2. The minimum absolute atomic E-state index is 0.208. The van der Waals surface area contributed by atoms with Gasteiger partial charge in [-0.15, -0.1) is 0 Å². The van der Waals surface area contributed by atoms with Gasteiger partial charge < -0.3 is 29.8 Å². The van der Waals surface area contributed by atoms with Crippen LogP contribution in [0, 0.1) is 80.8 Å². The Hall–Kier alpha value is -1.88. The molecule has 2 aromatic rings. The average Bonchev–Trinajstić information content (AvgIpc) is 4.14. The maximum Gasteiger partial charge on any atom is 0.417 e. The van der Waals surface area contributed by atoms with Gasteiger partial charge in [0.1, 0.15) is 12.2 Å². The Morgan fingerprint density at radius 1 is 0.591 bits per heavy atom. The highest BCUT2D eigenvalue weighted by Crippen LogP contribution is 2.71. The van der Waals surface area contributed by atoms with Gasteiger partial charge >= 0.3 is 11.9 Å². The van der Waals surface area contributed by atoms with Crippen molar-refractivity contribution in [3.8, 4) is 0 Å². The molecule has 8 unspecified atom stereocenters. The van der Waals surface area contributed by atoms with Crippen LogP contribution in [0.2, 0.25) is 0 Å². The van der Waals surface area contributed by atoms with E-state index in [-0.39, 0.29) is 34.9 Å². The van der Waals surface area contributed by atoms with E-state index in [1.807, 2.05) is 48.6 Å². The van der Waals surface area contributed by atoms with Crippen molar-refractivity contribution in [1.82, 2.24) is 0 Å². The first kappa shape index (κ1) is 47.8. The highest BCUT2D eigenvalue weighted by molar-refractivity contribution is 7.99. The van der Waals surface area contributed by atoms with Crippen LogP contribution in [-0.4, -0.2) is 60.2 Å². The molecule has 0 aromatic carbocycles. The minimum Gasteiger partial charge on any atom is -0.472 e. The summed E-state index contributed by atoms with van der Waals surface area (Å²) in [5.41, 5.74) is 15.8. The summed E-state index contributed by atoms with van der Waals surface area (Å²) in [6, 6.07) is 4.43. The largest absolute Gasteiger partial charge is 0.472 e. The fourth-order valence-corrected chi connectivity index (χ4v) is 21.0. The van der Waals surface area contributed by atoms with E-state index in [2.05, 4.69) is 39.8 Å². The SMILES string of the molecule is C[C@]12CC(CSCCCN)C(OC(=O)C(=O)OC3CC4CC[C@@H]5[C@@H](CC[C@]6(C)C(c7ccoc7)CC[C@@H]56)[C@@]4(C)CC3CSCCCN)CC1CC[C@@H]1[C@H]2CC[C@]2(C)C(c3ccoc3)CC[C@@H]12. The lowest BCUT2D eigenvalue weighted by atomic mass is 9.43. The highest BCUT2D eigenvalue weighted by atomic mass is 32.2. The minimum atomic E-state index is -0.759. The van der Waals surface area contributed by atoms with E-state index in [9.17, 15) is 9.59 Å². The van der Waals surface area contributed by atoms with Gasteiger partial charge in [0, 0.05) is 11.8 Å². The van der Waals surface area contributed by atoms with Crippen molar-refractivity contribution in [2.24, 2.45) is 92.3 Å². The maximum absolute atomic E-state index is 14.2. The van der Waals surface area contributed by atoms with Gasteiger partial charge in [-0.2, -0.15) is 23.5 Å². The second-order valence-electron chi connectivity index (χ2n) is 24.5. The lowest BCUT2D eigenvalue weighted by Gasteiger charge is -2.62. The first-order chi connectivity index (χ1) is 31.9. The van der Waals surface area contributed by atoms with Crippen LogP contribution < -0.4 is 11.5 Å². The van der Waals surface area contributed by atoms with Crippen LogP contribution in [0.15, 0.2) is 46.0 Å². The monoisotopic (exact) mass is 945 g/mol. The molecule has 8 aliphatic rings. The van der Waals surface area contributed by atoms with Gasteiger partial charge in [-0.1, -0.05) is 27.7 Å². The predicted octanol–water partition coefficient (Wildman–Crippen LogP) is 12.3. The van der Waals surface area contributed by atoms with E-state index in [4.69, 9.17) is 29.8 Å². The molecule has 8 saturated carbocycles. The molecular weight excluding hydrogens is 861 g/mol. The number of carbonyl (C=O) groups excluding carboxylic acids is 2. The van der Waals surface area contributed by atoms with Gasteiger partial charge in [0.05, 0.1) is 25.1 Å². The van der Waals surface area contributed by atoms with E-state index >= 15 is 0 Å². The van der Waals surface area contributed by atoms with Gasteiger partial charge in [0.2, 0.25) is 0 Å². The van der Waals surface area contributed by atoms with Crippen molar-refractivity contribution >= 4 is 35.5 Å². The van der Waals surface area contributed by atoms with E-state index < -0.39 is 11.9 Å². The first-order valence-corrected chi connectivity index (χ1v) is 29.2. The van der Waals surface area contributed by atoms with Crippen LogP contribution in [0.4, 0.5) is 0 Å². The van der Waals surface area contributed by atoms with E-state index in [0.29, 0.717) is 59.4 Å². The summed E-state index contributed by atoms with van der Waals surface area (Å²) in [4.78, 5) is 28.4. The number of rotatable bonds is 14. The Balaban J connectivity index is 0.815. The summed E-state index contributed by atoms with van der Waals surface area (Å²) < 4.78 is 24.2. The number of hydrogen-bond acceptors (Lipinski definition) is 10. The van der Waals surface area contributed by atoms with Gasteiger partial charge in [-0.3, -0.25) is 0 Å². The van der Waals surface area contributed by atoms with Crippen LogP contribution in [-0.2, 0) is 19.1 Å². The van der Waals surface area contributed by atoms with Crippen LogP contribution >= 0.6 is 23.5 Å². The van der Waals surface area contributed by atoms with Crippen molar-refractivity contribution < 1.29 is 27.9 Å². The fraction of sp³-hybridized carbons (Fsp3) is 0.821. The molecule has 2 heterocycles. The van der Waals surface area contributed by atoms with Crippen molar-refractivity contribution in [2.45, 2.75) is 167 Å². The maximum atomic E-state index is 14.2. The third-order valence-corrected chi connectivity index (χ3v) is 24.3. The molecule has 18 atom stereocenters. The van der Waals surface area contributed by atoms with Crippen molar-refractivity contribution in [3.63, 3.8) is 0 Å². The standard InChI is InChI=1S/C56H84N2O6S2/c1-53-19-15-47-41(45(53)13-11-43(53)35-17-23-61-31-35)9-7-39-27-49(37(29-55(39,47)3)33-65-25-5-21-57)63-51(59)52(60)64-50-28-40-8-10-42-46-14-12-44(36-18-24-62-32-36)54(46,2)20-16-48(42)56(40,4)30-38(50)34-66-26-6-22-58/h17-18,23-24,31-32,37-50H,5-16,19-22,25-30,33-34,57-58H2,1-4H3/t37?,38?,39?,40?,41-,42-,43?,44?,45-,46-,47+,48+,49?,50?,53+,54+,55-,56-/m0/s1. The molecule has 0 spiro atoms. The highest BCUT2D eigenvalue weighted by Gasteiger charge is 2.64. The summed E-state index contributed by atoms with van der Waals surface area (Å²) in [5, 5.41) is 0. The molecule has 0 bridgehead atoms. The van der Waals surface area contributed by atoms with Crippen molar-refractivity contribution in [3.05, 3.63) is 48.3 Å². The zero-order valence-electron chi connectivity index (χ0n) is 40.9. The second kappa shape index (κ2) is 19.4. The van der Waals surface area contributed by atoms with Gasteiger partial charge in [-0.05, 0) is 256 Å². The number of furan rings is 2. The Bertz CT molecular complexity index is 1820. The van der Waals surface area contributed by atoms with Crippen molar-refractivity contribution in [2.75, 3.05) is 36.1 Å². The van der Waals surface area contributed by atoms with Crippen molar-refractivity contribution in [1.29, 1.82) is 0 Å². The third-order valence-electron chi connectivity index (χ3n) is 21.8. The number of hydrogen-bond donors (Lipinski definition) is 2. The topological polar surface area (TPSA) is 131 Å². The number of nitrogens with two attached hydrogens (primary N) is 2. The summed E-state index contributed by atoms with van der Waals surface area (Å²) in [6.07, 6.45) is 28.2. The molecule has 4 N–H and O–H groups in total. The molecule has 8 fully saturated rings. The average molecular weight is 945 g/mol. The third kappa shape index (κ3) is 8.41. The van der Waals surface area contributed by atoms with Crippen LogP contribution in [0.25, 0.3) is 0 Å². The number of esters is 2. The van der Waals surface area contributed by atoms with Gasteiger partial charge in [0.15, 0.2) is 0 Å². The molecule has 10 rings (SSSR count). The zero-order valence-corrected chi connectivity index (χ0v) is 42.6. The first-order valence-electron chi connectivity index (χ1n) is 26.9. The van der Waals surface area contributed by atoms with Crippen LogP contribution in [0.5, 0.6) is 0 Å². The summed E-state index contributed by atoms with van der Waals surface area (Å²) in [7, 11) is 0. The Morgan fingerprint density at radius 2 is 1.02 bits per heavy atom. The van der Waals surface area contributed by atoms with E-state index in [1.54, 1.807) is 0 Å². The molecular formula is C56H84N2O6S2. The molecule has 10 heteroatoms. The fourth-order valence-electron chi connectivity index (χ4n) is 18.7. The van der Waals surface area contributed by atoms with Crippen LogP contribution in [0.3, 0.4) is 0 Å². The molecule has 8 nitrogen and oxygen atoms in total. The predicted molar refractivity (Wildman–Crippen MR) is 266 cm³/mol. The quantitative estimate of drug-likeness (QED) is 0.107. The second-order valence-corrected chi connectivity index (χ2v) is 26.8. The molecule has 0 amide bonds. The molecule has 66 heavy (non-hydrogen) atoms. The Labute approximate surface area is 405 Å². The summed E-state index contributed by atoms with van der Waals surface area (Å²) in [5.74, 6) is 9.35. The molecule has 2 aromatic heterocycles. The smallest absolute Gasteiger partial charge is 0.417 e. The summed E-state index contributed by atoms with van der Waals surface area (Å²) >= 11 is 3.91. The normalized spacial score (nSPS) is 44.8. The van der Waals surface area contributed by atoms with Gasteiger partial charge in [-0.25, -0.2) is 9.59 Å². The molecule has 8 aliphatic carbocycles. The Kier molecular flexibility index (Phi) is 14.0. The lowest BCUT2D eigenvalue weighted by molar-refractivity contribution is -0.190. The Morgan fingerprint density at radius 3 is 1.41 bits per heavy atom. The van der Waals surface area contributed by atoms with Crippen LogP contribution in [0.1, 0.15) is 166 Å². The lowest BCUT2D eigenvalue weighted by Crippen LogP contribution is -2.56. The molecule has 0 aliphatic heterocycles. The molecule has 0 radical (unpaired) electrons. The molecule has 0 saturated heterocycles. The number of ether oxygens (including phenoxy) is 2. The number of thioether (sulfide) groups is 2. The van der Waals surface area contributed by atoms with E-state index in [1.165, 1.54) is 88.2 Å².